The number of carbonyl (C=O) groups is 1. The Morgan fingerprint density at radius 2 is 2.12 bits per heavy atom. The zero-order valence-corrected chi connectivity index (χ0v) is 14.4. The number of thiazole rings is 1. The molecule has 0 radical (unpaired) electrons. The lowest BCUT2D eigenvalue weighted by Crippen LogP contribution is -2.29. The molecule has 0 saturated carbocycles. The van der Waals surface area contributed by atoms with Crippen LogP contribution in [0.1, 0.15) is 40.7 Å². The van der Waals surface area contributed by atoms with E-state index in [0.29, 0.717) is 12.4 Å². The monoisotopic (exact) mass is 341 g/mol. The fourth-order valence-electron chi connectivity index (χ4n) is 3.08. The van der Waals surface area contributed by atoms with Crippen LogP contribution in [-0.4, -0.2) is 37.6 Å². The van der Waals surface area contributed by atoms with E-state index in [9.17, 15) is 4.79 Å². The van der Waals surface area contributed by atoms with Gasteiger partial charge >= 0.3 is 0 Å². The molecule has 6 nitrogen and oxygen atoms in total. The van der Waals surface area contributed by atoms with Gasteiger partial charge in [0, 0.05) is 20.0 Å². The summed E-state index contributed by atoms with van der Waals surface area (Å²) in [6.07, 6.45) is 4.28. The van der Waals surface area contributed by atoms with Crippen molar-refractivity contribution in [1.82, 2.24) is 24.6 Å². The van der Waals surface area contributed by atoms with E-state index < -0.39 is 0 Å². The van der Waals surface area contributed by atoms with Crippen LogP contribution in [0.4, 0.5) is 0 Å². The van der Waals surface area contributed by atoms with Crippen LogP contribution in [0.2, 0.25) is 0 Å². The molecule has 0 saturated heterocycles. The van der Waals surface area contributed by atoms with Crippen LogP contribution in [0.25, 0.3) is 10.2 Å². The van der Waals surface area contributed by atoms with Crippen molar-refractivity contribution in [3.05, 3.63) is 40.9 Å². The Morgan fingerprint density at radius 1 is 1.25 bits per heavy atom. The molecule has 0 unspecified atom stereocenters. The van der Waals surface area contributed by atoms with Gasteiger partial charge < -0.3 is 9.47 Å². The van der Waals surface area contributed by atoms with Crippen LogP contribution >= 0.6 is 11.3 Å². The van der Waals surface area contributed by atoms with Crippen LogP contribution in [0.5, 0.6) is 0 Å². The van der Waals surface area contributed by atoms with Crippen molar-refractivity contribution >= 4 is 27.5 Å². The Bertz CT molecular complexity index is 851. The van der Waals surface area contributed by atoms with E-state index in [1.54, 1.807) is 23.3 Å². The summed E-state index contributed by atoms with van der Waals surface area (Å²) in [6, 6.07) is 8.03. The highest BCUT2D eigenvalue weighted by molar-refractivity contribution is 7.18. The zero-order valence-electron chi connectivity index (χ0n) is 13.6. The predicted octanol–water partition coefficient (Wildman–Crippen LogP) is 2.89. The fourth-order valence-corrected chi connectivity index (χ4v) is 4.10. The molecule has 0 spiro atoms. The van der Waals surface area contributed by atoms with Crippen molar-refractivity contribution in [2.45, 2.75) is 38.8 Å². The molecule has 0 aliphatic carbocycles. The van der Waals surface area contributed by atoms with Gasteiger partial charge in [-0.05, 0) is 25.0 Å². The minimum Gasteiger partial charge on any atom is -0.332 e. The van der Waals surface area contributed by atoms with E-state index in [2.05, 4.69) is 21.2 Å². The number of rotatable bonds is 3. The van der Waals surface area contributed by atoms with E-state index >= 15 is 0 Å². The summed E-state index contributed by atoms with van der Waals surface area (Å²) in [6.45, 7) is 1.32. The number of fused-ring (bicyclic) bond motifs is 2. The molecule has 2 aromatic heterocycles. The third-order valence-corrected chi connectivity index (χ3v) is 5.38. The fraction of sp³-hybridized carbons (Fsp3) is 0.412. The Kier molecular flexibility index (Phi) is 4.02. The summed E-state index contributed by atoms with van der Waals surface area (Å²) >= 11 is 1.62. The van der Waals surface area contributed by atoms with Gasteiger partial charge in [0.25, 0.3) is 5.91 Å². The predicted molar refractivity (Wildman–Crippen MR) is 93.0 cm³/mol. The average Bonchev–Trinajstić information content (AvgIpc) is 3.10. The Morgan fingerprint density at radius 3 is 3.00 bits per heavy atom. The maximum absolute atomic E-state index is 12.8. The second-order valence-electron chi connectivity index (χ2n) is 6.14. The van der Waals surface area contributed by atoms with Crippen LogP contribution < -0.4 is 0 Å². The van der Waals surface area contributed by atoms with E-state index in [4.69, 9.17) is 0 Å². The van der Waals surface area contributed by atoms with Crippen molar-refractivity contribution in [2.75, 3.05) is 7.05 Å². The van der Waals surface area contributed by atoms with Gasteiger partial charge in [0.2, 0.25) is 5.82 Å². The number of aromatic nitrogens is 4. The number of aryl methyl sites for hydroxylation is 1. The van der Waals surface area contributed by atoms with E-state index in [-0.39, 0.29) is 5.91 Å². The first kappa shape index (κ1) is 15.3. The van der Waals surface area contributed by atoms with Crippen LogP contribution in [0.15, 0.2) is 24.3 Å². The quantitative estimate of drug-likeness (QED) is 0.735. The summed E-state index contributed by atoms with van der Waals surface area (Å²) in [5.74, 6) is 1.30. The minimum absolute atomic E-state index is 0.0880. The first-order chi connectivity index (χ1) is 11.7. The van der Waals surface area contributed by atoms with Crippen molar-refractivity contribution in [2.24, 2.45) is 0 Å². The molecule has 1 aliphatic rings. The molecule has 7 heteroatoms. The summed E-state index contributed by atoms with van der Waals surface area (Å²) in [4.78, 5) is 19.1. The van der Waals surface area contributed by atoms with E-state index in [0.717, 1.165) is 46.9 Å². The summed E-state index contributed by atoms with van der Waals surface area (Å²) < 4.78 is 3.13. The number of benzene rings is 1. The molecule has 0 atom stereocenters. The summed E-state index contributed by atoms with van der Waals surface area (Å²) in [7, 11) is 1.80. The number of hydrogen-bond acceptors (Lipinski definition) is 5. The molecular weight excluding hydrogens is 322 g/mol. The Hall–Kier alpha value is -2.28. The van der Waals surface area contributed by atoms with Gasteiger partial charge in [-0.2, -0.15) is 0 Å². The number of nitrogens with zero attached hydrogens (tertiary/aromatic N) is 5. The smallest absolute Gasteiger partial charge is 0.291 e. The lowest BCUT2D eigenvalue weighted by molar-refractivity contribution is 0.0767. The van der Waals surface area contributed by atoms with Crippen LogP contribution in [0, 0.1) is 0 Å². The minimum atomic E-state index is -0.0880. The molecule has 1 aliphatic heterocycles. The molecule has 0 N–H and O–H groups in total. The van der Waals surface area contributed by atoms with Gasteiger partial charge in [0.05, 0.1) is 16.8 Å². The average molecular weight is 341 g/mol. The molecule has 0 bridgehead atoms. The van der Waals surface area contributed by atoms with Gasteiger partial charge in [0.1, 0.15) is 10.8 Å². The second kappa shape index (κ2) is 6.32. The van der Waals surface area contributed by atoms with Gasteiger partial charge in [-0.1, -0.05) is 18.6 Å². The van der Waals surface area contributed by atoms with Crippen molar-refractivity contribution in [1.29, 1.82) is 0 Å². The number of para-hydroxylation sites is 1. The van der Waals surface area contributed by atoms with Crippen molar-refractivity contribution in [3.8, 4) is 0 Å². The number of amides is 1. The molecule has 1 aromatic carbocycles. The molecule has 1 amide bonds. The lowest BCUT2D eigenvalue weighted by atomic mass is 10.2. The van der Waals surface area contributed by atoms with Crippen LogP contribution in [-0.2, 0) is 19.5 Å². The molecule has 0 fully saturated rings. The van der Waals surface area contributed by atoms with E-state index in [1.165, 1.54) is 6.42 Å². The van der Waals surface area contributed by atoms with Gasteiger partial charge in [-0.25, -0.2) is 4.98 Å². The Labute approximate surface area is 144 Å². The van der Waals surface area contributed by atoms with Crippen LogP contribution in [0.3, 0.4) is 0 Å². The standard InChI is InChI=1S/C17H19N5OS/c1-21(11-15-18-12-7-4-5-8-13(12)24-15)17(23)16-20-19-14-9-3-2-6-10-22(14)16/h4-5,7-8H,2-3,6,9-11H2,1H3. The lowest BCUT2D eigenvalue weighted by Gasteiger charge is -2.15. The Balaban J connectivity index is 1.55. The van der Waals surface area contributed by atoms with Gasteiger partial charge in [-0.15, -0.1) is 21.5 Å². The van der Waals surface area contributed by atoms with E-state index in [1.807, 2.05) is 22.8 Å². The maximum atomic E-state index is 12.8. The highest BCUT2D eigenvalue weighted by Crippen LogP contribution is 2.23. The molecule has 124 valence electrons. The zero-order chi connectivity index (χ0) is 16.5. The molecule has 4 rings (SSSR count). The first-order valence-corrected chi connectivity index (χ1v) is 9.06. The molecule has 3 heterocycles. The maximum Gasteiger partial charge on any atom is 0.291 e. The highest BCUT2D eigenvalue weighted by atomic mass is 32.1. The van der Waals surface area contributed by atoms with Gasteiger partial charge in [-0.3, -0.25) is 4.79 Å². The molecule has 3 aromatic rings. The third-order valence-electron chi connectivity index (χ3n) is 4.36. The van der Waals surface area contributed by atoms with Crippen molar-refractivity contribution in [3.63, 3.8) is 0 Å². The molecule has 24 heavy (non-hydrogen) atoms. The van der Waals surface area contributed by atoms with Gasteiger partial charge in [0.15, 0.2) is 0 Å². The first-order valence-electron chi connectivity index (χ1n) is 8.24. The SMILES string of the molecule is CN(Cc1nc2ccccc2s1)C(=O)c1nnc2n1CCCCC2. The number of hydrogen-bond donors (Lipinski definition) is 0. The number of carbonyl (C=O) groups excluding carboxylic acids is 1. The largest absolute Gasteiger partial charge is 0.332 e. The highest BCUT2D eigenvalue weighted by Gasteiger charge is 2.23. The normalized spacial score (nSPS) is 14.4. The summed E-state index contributed by atoms with van der Waals surface area (Å²) in [5.41, 5.74) is 0.981. The topological polar surface area (TPSA) is 63.9 Å². The van der Waals surface area contributed by atoms with Crippen molar-refractivity contribution < 1.29 is 4.79 Å². The second-order valence-corrected chi connectivity index (χ2v) is 7.25. The third kappa shape index (κ3) is 2.80. The molecular formula is C17H19N5OS. The summed E-state index contributed by atoms with van der Waals surface area (Å²) in [5, 5.41) is 9.30.